The number of aromatic nitrogens is 2. The Morgan fingerprint density at radius 2 is 2.12 bits per heavy atom. The minimum Gasteiger partial charge on any atom is -0.481 e. The van der Waals surface area contributed by atoms with Crippen LogP contribution >= 0.6 is 0 Å². The van der Waals surface area contributed by atoms with Gasteiger partial charge in [-0.15, -0.1) is 0 Å². The van der Waals surface area contributed by atoms with E-state index < -0.39 is 0 Å². The first kappa shape index (κ1) is 17.0. The van der Waals surface area contributed by atoms with Crippen molar-refractivity contribution in [3.05, 3.63) is 42.6 Å². The van der Waals surface area contributed by atoms with E-state index in [1.165, 1.54) is 0 Å². The van der Waals surface area contributed by atoms with Crippen LogP contribution in [-0.4, -0.2) is 42.2 Å². The summed E-state index contributed by atoms with van der Waals surface area (Å²) >= 11 is 0. The van der Waals surface area contributed by atoms with E-state index in [2.05, 4.69) is 25.5 Å². The minimum absolute atomic E-state index is 0.169. The summed E-state index contributed by atoms with van der Waals surface area (Å²) < 4.78 is 5.19. The van der Waals surface area contributed by atoms with E-state index in [9.17, 15) is 4.79 Å². The first-order valence-corrected chi connectivity index (χ1v) is 8.50. The van der Waals surface area contributed by atoms with Crippen molar-refractivity contribution in [2.75, 3.05) is 30.4 Å². The Bertz CT molecular complexity index is 695. The number of ether oxygens (including phenoxy) is 1. The molecular formula is C18H23N5O2. The number of nitrogens with zero attached hydrogens (tertiary/aromatic N) is 3. The molecule has 25 heavy (non-hydrogen) atoms. The molecule has 2 amide bonds. The zero-order valence-electron chi connectivity index (χ0n) is 14.3. The van der Waals surface area contributed by atoms with E-state index in [0.717, 1.165) is 31.5 Å². The number of carbonyl (C=O) groups is 1. The second-order valence-corrected chi connectivity index (χ2v) is 5.94. The van der Waals surface area contributed by atoms with Gasteiger partial charge < -0.3 is 20.3 Å². The van der Waals surface area contributed by atoms with Crippen molar-refractivity contribution in [2.24, 2.45) is 0 Å². The number of rotatable bonds is 5. The van der Waals surface area contributed by atoms with Crippen molar-refractivity contribution in [3.63, 3.8) is 0 Å². The third-order valence-electron chi connectivity index (χ3n) is 4.24. The van der Waals surface area contributed by atoms with E-state index in [0.29, 0.717) is 18.4 Å². The van der Waals surface area contributed by atoms with Crippen LogP contribution in [0, 0.1) is 0 Å². The summed E-state index contributed by atoms with van der Waals surface area (Å²) in [5.41, 5.74) is 0.775. The molecule has 2 N–H and O–H groups in total. The number of para-hydroxylation sites is 1. The first-order chi connectivity index (χ1) is 12.3. The highest BCUT2D eigenvalue weighted by atomic mass is 16.5. The highest BCUT2D eigenvalue weighted by Gasteiger charge is 2.25. The molecule has 1 aliphatic heterocycles. The number of urea groups is 1. The molecule has 1 saturated heterocycles. The molecule has 7 heteroatoms. The molecule has 0 bridgehead atoms. The number of amides is 2. The minimum atomic E-state index is -0.205. The number of hydrogen-bond donors (Lipinski definition) is 2. The lowest BCUT2D eigenvalue weighted by Gasteiger charge is -2.35. The fourth-order valence-corrected chi connectivity index (χ4v) is 2.97. The highest BCUT2D eigenvalue weighted by Crippen LogP contribution is 2.22. The number of hydrogen-bond acceptors (Lipinski definition) is 5. The van der Waals surface area contributed by atoms with Gasteiger partial charge in [-0.2, -0.15) is 4.98 Å². The second-order valence-electron chi connectivity index (χ2n) is 5.94. The highest BCUT2D eigenvalue weighted by molar-refractivity contribution is 5.89. The Morgan fingerprint density at radius 1 is 1.28 bits per heavy atom. The van der Waals surface area contributed by atoms with Crippen molar-refractivity contribution >= 4 is 17.7 Å². The van der Waals surface area contributed by atoms with Gasteiger partial charge in [-0.3, -0.25) is 0 Å². The third-order valence-corrected chi connectivity index (χ3v) is 4.24. The molecule has 0 saturated carbocycles. The Hall–Kier alpha value is -2.83. The monoisotopic (exact) mass is 341 g/mol. The molecular weight excluding hydrogens is 318 g/mol. The van der Waals surface area contributed by atoms with Crippen LogP contribution in [-0.2, 0) is 0 Å². The molecule has 1 aromatic heterocycles. The van der Waals surface area contributed by atoms with Gasteiger partial charge in [-0.25, -0.2) is 9.78 Å². The number of benzene rings is 1. The molecule has 3 rings (SSSR count). The summed E-state index contributed by atoms with van der Waals surface area (Å²) in [6.45, 7) is 1.42. The maximum Gasteiger partial charge on any atom is 0.319 e. The molecule has 2 aromatic rings. The first-order valence-electron chi connectivity index (χ1n) is 8.50. The van der Waals surface area contributed by atoms with Crippen LogP contribution < -0.4 is 20.3 Å². The van der Waals surface area contributed by atoms with Crippen LogP contribution in [0.1, 0.15) is 19.3 Å². The van der Waals surface area contributed by atoms with Crippen LogP contribution in [0.4, 0.5) is 16.4 Å². The topological polar surface area (TPSA) is 79.4 Å². The molecule has 132 valence electrons. The maximum absolute atomic E-state index is 12.1. The smallest absolute Gasteiger partial charge is 0.319 e. The Balaban J connectivity index is 1.60. The molecule has 0 radical (unpaired) electrons. The number of piperidine rings is 1. The number of carbonyl (C=O) groups excluding carboxylic acids is 1. The van der Waals surface area contributed by atoms with Gasteiger partial charge in [0.2, 0.25) is 11.8 Å². The van der Waals surface area contributed by atoms with Gasteiger partial charge in [0.25, 0.3) is 0 Å². The van der Waals surface area contributed by atoms with Gasteiger partial charge in [-0.05, 0) is 31.4 Å². The fourth-order valence-electron chi connectivity index (χ4n) is 2.97. The fraction of sp³-hybridized carbons (Fsp3) is 0.389. The van der Waals surface area contributed by atoms with Gasteiger partial charge >= 0.3 is 6.03 Å². The predicted octanol–water partition coefficient (Wildman–Crippen LogP) is 2.67. The average molecular weight is 341 g/mol. The lowest BCUT2D eigenvalue weighted by Crippen LogP contribution is -2.48. The van der Waals surface area contributed by atoms with E-state index >= 15 is 0 Å². The van der Waals surface area contributed by atoms with E-state index in [4.69, 9.17) is 4.74 Å². The third kappa shape index (κ3) is 4.59. The van der Waals surface area contributed by atoms with E-state index in [-0.39, 0.29) is 12.1 Å². The number of methoxy groups -OCH3 is 1. The van der Waals surface area contributed by atoms with E-state index in [1.54, 1.807) is 19.4 Å². The lowest BCUT2D eigenvalue weighted by molar-refractivity contribution is 0.250. The Morgan fingerprint density at radius 3 is 2.92 bits per heavy atom. The van der Waals surface area contributed by atoms with Gasteiger partial charge in [0.1, 0.15) is 0 Å². The molecule has 0 aliphatic carbocycles. The zero-order valence-corrected chi connectivity index (χ0v) is 14.3. The summed E-state index contributed by atoms with van der Waals surface area (Å²) in [5.74, 6) is 1.19. The Kier molecular flexibility index (Phi) is 5.66. The molecule has 1 aromatic carbocycles. The Labute approximate surface area is 147 Å². The molecule has 1 fully saturated rings. The van der Waals surface area contributed by atoms with Gasteiger partial charge in [-0.1, -0.05) is 18.2 Å². The van der Waals surface area contributed by atoms with Crippen molar-refractivity contribution in [1.82, 2.24) is 15.3 Å². The summed E-state index contributed by atoms with van der Waals surface area (Å²) in [6, 6.07) is 11.1. The van der Waals surface area contributed by atoms with Crippen molar-refractivity contribution in [2.45, 2.75) is 25.3 Å². The van der Waals surface area contributed by atoms with Gasteiger partial charge in [0.15, 0.2) is 0 Å². The van der Waals surface area contributed by atoms with E-state index in [1.807, 2.05) is 30.3 Å². The molecule has 2 heterocycles. The van der Waals surface area contributed by atoms with Crippen LogP contribution in [0.5, 0.6) is 5.88 Å². The average Bonchev–Trinajstić information content (AvgIpc) is 2.67. The van der Waals surface area contributed by atoms with Gasteiger partial charge in [0.05, 0.1) is 7.11 Å². The summed E-state index contributed by atoms with van der Waals surface area (Å²) in [6.07, 6.45) is 4.91. The summed E-state index contributed by atoms with van der Waals surface area (Å²) in [4.78, 5) is 23.0. The van der Waals surface area contributed by atoms with Gasteiger partial charge in [0, 0.05) is 37.1 Å². The normalized spacial score (nSPS) is 17.0. The van der Waals surface area contributed by atoms with Crippen LogP contribution in [0.3, 0.4) is 0 Å². The molecule has 0 spiro atoms. The van der Waals surface area contributed by atoms with Crippen LogP contribution in [0.15, 0.2) is 42.6 Å². The standard InChI is InChI=1S/C18H23N5O2/c1-25-16-10-11-19-17(22-16)23-12-6-5-9-15(23)13-20-18(24)21-14-7-3-2-4-8-14/h2-4,7-8,10-11,15H,5-6,9,12-13H2,1H3,(H2,20,21,24). The molecule has 1 atom stereocenters. The van der Waals surface area contributed by atoms with Crippen LogP contribution in [0.25, 0.3) is 0 Å². The summed E-state index contributed by atoms with van der Waals surface area (Å²) in [5, 5.41) is 5.79. The summed E-state index contributed by atoms with van der Waals surface area (Å²) in [7, 11) is 1.59. The largest absolute Gasteiger partial charge is 0.481 e. The lowest BCUT2D eigenvalue weighted by atomic mass is 10.0. The second kappa shape index (κ2) is 8.32. The quantitative estimate of drug-likeness (QED) is 0.874. The maximum atomic E-state index is 12.1. The molecule has 1 aliphatic rings. The predicted molar refractivity (Wildman–Crippen MR) is 97.0 cm³/mol. The molecule has 7 nitrogen and oxygen atoms in total. The number of nitrogens with one attached hydrogen (secondary N) is 2. The van der Waals surface area contributed by atoms with Crippen molar-refractivity contribution in [3.8, 4) is 5.88 Å². The SMILES string of the molecule is COc1ccnc(N2CCCCC2CNC(=O)Nc2ccccc2)n1. The van der Waals surface area contributed by atoms with Crippen molar-refractivity contribution < 1.29 is 9.53 Å². The zero-order chi connectivity index (χ0) is 17.5. The van der Waals surface area contributed by atoms with Crippen LogP contribution in [0.2, 0.25) is 0 Å². The van der Waals surface area contributed by atoms with Crippen molar-refractivity contribution in [1.29, 1.82) is 0 Å². The molecule has 1 unspecified atom stereocenters. The number of anilines is 2.